The Kier molecular flexibility index (Phi) is 3.18. The van der Waals surface area contributed by atoms with Crippen molar-refractivity contribution in [1.29, 1.82) is 0 Å². The van der Waals surface area contributed by atoms with Crippen molar-refractivity contribution in [3.63, 3.8) is 0 Å². The summed E-state index contributed by atoms with van der Waals surface area (Å²) in [6.07, 6.45) is 6.04. The Balaban J connectivity index is 2.73. The van der Waals surface area contributed by atoms with Crippen LogP contribution in [0.2, 0.25) is 5.02 Å². The van der Waals surface area contributed by atoms with Crippen molar-refractivity contribution in [3.8, 4) is 0 Å². The van der Waals surface area contributed by atoms with Crippen molar-refractivity contribution in [2.24, 2.45) is 0 Å². The quantitative estimate of drug-likeness (QED) is 0.629. The Labute approximate surface area is 72.5 Å². The molecule has 0 N–H and O–H groups in total. The van der Waals surface area contributed by atoms with Gasteiger partial charge in [-0.15, -0.1) is 0 Å². The largest absolute Gasteiger partial charge is 0.0843 e. The van der Waals surface area contributed by atoms with Gasteiger partial charge in [-0.2, -0.15) is 0 Å². The molecule has 0 saturated carbocycles. The van der Waals surface area contributed by atoms with Gasteiger partial charge >= 0.3 is 0 Å². The van der Waals surface area contributed by atoms with E-state index in [9.17, 15) is 0 Å². The highest BCUT2D eigenvalue weighted by molar-refractivity contribution is 6.30. The molecule has 0 aliphatic carbocycles. The van der Waals surface area contributed by atoms with Crippen LogP contribution >= 0.6 is 11.6 Å². The topological polar surface area (TPSA) is 0 Å². The van der Waals surface area contributed by atoms with E-state index in [2.05, 4.69) is 0 Å². The molecule has 11 heavy (non-hydrogen) atoms. The summed E-state index contributed by atoms with van der Waals surface area (Å²) in [4.78, 5) is 0. The first-order valence-electron chi connectivity index (χ1n) is 3.54. The fourth-order valence-electron chi connectivity index (χ4n) is 0.781. The molecule has 0 aliphatic rings. The summed E-state index contributed by atoms with van der Waals surface area (Å²) in [7, 11) is 0. The molecule has 0 atom stereocenters. The van der Waals surface area contributed by atoms with Gasteiger partial charge in [0.1, 0.15) is 0 Å². The van der Waals surface area contributed by atoms with Crippen LogP contribution < -0.4 is 0 Å². The molecule has 0 amide bonds. The molecule has 1 radical (unpaired) electrons. The smallest absolute Gasteiger partial charge is 0.0406 e. The zero-order chi connectivity index (χ0) is 8.10. The molecule has 1 rings (SSSR count). The van der Waals surface area contributed by atoms with E-state index >= 15 is 0 Å². The molecule has 0 nitrogen and oxygen atoms in total. The van der Waals surface area contributed by atoms with Gasteiger partial charge in [0.25, 0.3) is 0 Å². The lowest BCUT2D eigenvalue weighted by Crippen LogP contribution is -1.69. The number of halogens is 1. The Bertz CT molecular complexity index is 234. The minimum absolute atomic E-state index is 0.780. The second kappa shape index (κ2) is 4.20. The maximum atomic E-state index is 5.71. The summed E-state index contributed by atoms with van der Waals surface area (Å²) in [5, 5.41) is 0.780. The SMILES string of the molecule is C[CH]C=Cc1ccc(Cl)cc1. The average molecular weight is 166 g/mol. The number of hydrogen-bond acceptors (Lipinski definition) is 0. The third-order valence-corrected chi connectivity index (χ3v) is 1.60. The fraction of sp³-hybridized carbons (Fsp3) is 0.100. The van der Waals surface area contributed by atoms with Gasteiger partial charge in [-0.05, 0) is 24.1 Å². The molecular formula is C10H10Cl. The maximum absolute atomic E-state index is 5.71. The normalized spacial score (nSPS) is 10.7. The van der Waals surface area contributed by atoms with Crippen molar-refractivity contribution in [2.45, 2.75) is 6.92 Å². The van der Waals surface area contributed by atoms with Crippen LogP contribution in [0.5, 0.6) is 0 Å². The van der Waals surface area contributed by atoms with E-state index in [1.807, 2.05) is 49.8 Å². The second-order valence-electron chi connectivity index (χ2n) is 2.24. The first-order valence-corrected chi connectivity index (χ1v) is 3.92. The van der Waals surface area contributed by atoms with Crippen LogP contribution in [0.1, 0.15) is 12.5 Å². The van der Waals surface area contributed by atoms with Crippen molar-refractivity contribution in [3.05, 3.63) is 47.3 Å². The van der Waals surface area contributed by atoms with E-state index in [0.717, 1.165) is 5.02 Å². The molecule has 57 valence electrons. The minimum atomic E-state index is 0.780. The molecule has 0 bridgehead atoms. The number of benzene rings is 1. The van der Waals surface area contributed by atoms with Crippen LogP contribution in [-0.2, 0) is 0 Å². The van der Waals surface area contributed by atoms with Gasteiger partial charge in [0.05, 0.1) is 0 Å². The van der Waals surface area contributed by atoms with Gasteiger partial charge in [-0.1, -0.05) is 42.8 Å². The summed E-state index contributed by atoms with van der Waals surface area (Å²) in [5.74, 6) is 0. The highest BCUT2D eigenvalue weighted by Crippen LogP contribution is 2.10. The van der Waals surface area contributed by atoms with Gasteiger partial charge in [-0.25, -0.2) is 0 Å². The molecule has 0 spiro atoms. The van der Waals surface area contributed by atoms with Crippen molar-refractivity contribution in [2.75, 3.05) is 0 Å². The van der Waals surface area contributed by atoms with E-state index in [-0.39, 0.29) is 0 Å². The molecule has 0 aliphatic heterocycles. The van der Waals surface area contributed by atoms with Crippen LogP contribution in [-0.4, -0.2) is 0 Å². The Morgan fingerprint density at radius 1 is 1.18 bits per heavy atom. The molecule has 0 saturated heterocycles. The lowest BCUT2D eigenvalue weighted by Gasteiger charge is -1.91. The highest BCUT2D eigenvalue weighted by Gasteiger charge is 1.85. The van der Waals surface area contributed by atoms with E-state index < -0.39 is 0 Å². The molecule has 0 heterocycles. The molecule has 0 aromatic heterocycles. The van der Waals surface area contributed by atoms with E-state index in [4.69, 9.17) is 11.6 Å². The van der Waals surface area contributed by atoms with E-state index in [1.54, 1.807) is 0 Å². The lowest BCUT2D eigenvalue weighted by atomic mass is 10.2. The maximum Gasteiger partial charge on any atom is 0.0406 e. The Hall–Kier alpha value is -0.750. The Morgan fingerprint density at radius 2 is 1.82 bits per heavy atom. The minimum Gasteiger partial charge on any atom is -0.0843 e. The summed E-state index contributed by atoms with van der Waals surface area (Å²) in [6, 6.07) is 7.75. The monoisotopic (exact) mass is 165 g/mol. The van der Waals surface area contributed by atoms with Crippen LogP contribution in [0.25, 0.3) is 6.08 Å². The number of allylic oxidation sites excluding steroid dienone is 1. The first-order chi connectivity index (χ1) is 5.33. The third-order valence-electron chi connectivity index (χ3n) is 1.35. The van der Waals surface area contributed by atoms with Crippen molar-refractivity contribution in [1.82, 2.24) is 0 Å². The van der Waals surface area contributed by atoms with Crippen molar-refractivity contribution >= 4 is 17.7 Å². The predicted octanol–water partition coefficient (Wildman–Crippen LogP) is 3.58. The van der Waals surface area contributed by atoms with Gasteiger partial charge in [0, 0.05) is 5.02 Å². The van der Waals surface area contributed by atoms with Gasteiger partial charge in [0.2, 0.25) is 0 Å². The highest BCUT2D eigenvalue weighted by atomic mass is 35.5. The molecule has 1 aromatic rings. The summed E-state index contributed by atoms with van der Waals surface area (Å²) in [5.41, 5.74) is 1.17. The molecule has 0 fully saturated rings. The third kappa shape index (κ3) is 2.77. The predicted molar refractivity (Wildman–Crippen MR) is 50.5 cm³/mol. The number of hydrogen-bond donors (Lipinski definition) is 0. The average Bonchev–Trinajstić information content (AvgIpc) is 2.04. The second-order valence-corrected chi connectivity index (χ2v) is 2.68. The Morgan fingerprint density at radius 3 is 2.36 bits per heavy atom. The standard InChI is InChI=1S/C10H10Cl/c1-2-3-4-9-5-7-10(11)8-6-9/h2-8H,1H3. The van der Waals surface area contributed by atoms with Gasteiger partial charge < -0.3 is 0 Å². The zero-order valence-electron chi connectivity index (χ0n) is 6.42. The van der Waals surface area contributed by atoms with Gasteiger partial charge in [-0.3, -0.25) is 0 Å². The molecule has 1 aromatic carbocycles. The van der Waals surface area contributed by atoms with E-state index in [0.29, 0.717) is 0 Å². The van der Waals surface area contributed by atoms with Crippen LogP contribution in [0.4, 0.5) is 0 Å². The fourth-order valence-corrected chi connectivity index (χ4v) is 0.907. The van der Waals surface area contributed by atoms with Crippen molar-refractivity contribution < 1.29 is 0 Å². The summed E-state index contributed by atoms with van der Waals surface area (Å²) >= 11 is 5.71. The zero-order valence-corrected chi connectivity index (χ0v) is 7.18. The summed E-state index contributed by atoms with van der Waals surface area (Å²) in [6.45, 7) is 1.99. The van der Waals surface area contributed by atoms with Crippen LogP contribution in [0.3, 0.4) is 0 Å². The summed E-state index contributed by atoms with van der Waals surface area (Å²) < 4.78 is 0. The number of rotatable bonds is 2. The van der Waals surface area contributed by atoms with E-state index in [1.165, 1.54) is 5.56 Å². The molecular weight excluding hydrogens is 156 g/mol. The van der Waals surface area contributed by atoms with Crippen LogP contribution in [0.15, 0.2) is 30.3 Å². The first kappa shape index (κ1) is 8.35. The lowest BCUT2D eigenvalue weighted by molar-refractivity contribution is 1.56. The van der Waals surface area contributed by atoms with Crippen LogP contribution in [0, 0.1) is 6.42 Å². The molecule has 1 heteroatoms. The molecule has 0 unspecified atom stereocenters. The van der Waals surface area contributed by atoms with Gasteiger partial charge in [0.15, 0.2) is 0 Å².